The summed E-state index contributed by atoms with van der Waals surface area (Å²) in [6, 6.07) is 23.2. The molecule has 3 aromatic carbocycles. The van der Waals surface area contributed by atoms with Gasteiger partial charge in [-0.25, -0.2) is 9.97 Å². The van der Waals surface area contributed by atoms with Crippen molar-refractivity contribution in [2.75, 3.05) is 0 Å². The number of para-hydroxylation sites is 1. The number of imidazole rings is 1. The van der Waals surface area contributed by atoms with Gasteiger partial charge >= 0.3 is 6.36 Å². The van der Waals surface area contributed by atoms with Crippen LogP contribution in [0.25, 0.3) is 21.9 Å². The van der Waals surface area contributed by atoms with Crippen molar-refractivity contribution in [1.82, 2.24) is 14.5 Å². The first-order chi connectivity index (χ1) is 20.2. The third-order valence-electron chi connectivity index (χ3n) is 7.82. The number of nitrogens with zero attached hydrogens (tertiary/aromatic N) is 3. The van der Waals surface area contributed by atoms with E-state index in [0.29, 0.717) is 30.1 Å². The molecule has 0 radical (unpaired) electrons. The topological polar surface area (TPSA) is 89.6 Å². The minimum absolute atomic E-state index is 0.190. The number of benzene rings is 3. The number of aromatic nitrogens is 3. The number of halogens is 3. The van der Waals surface area contributed by atoms with Crippen LogP contribution in [-0.4, -0.2) is 37.4 Å². The summed E-state index contributed by atoms with van der Waals surface area (Å²) < 4.78 is 50.0. The fraction of sp³-hybridized carbons (Fsp3) is 0.312. The zero-order valence-electron chi connectivity index (χ0n) is 22.7. The minimum Gasteiger partial charge on any atom is -0.487 e. The molecule has 2 N–H and O–H groups in total. The molecule has 0 spiro atoms. The van der Waals surface area contributed by atoms with Crippen molar-refractivity contribution in [1.29, 1.82) is 0 Å². The summed E-state index contributed by atoms with van der Waals surface area (Å²) in [7, 11) is 0. The molecule has 2 heterocycles. The van der Waals surface area contributed by atoms with Crippen LogP contribution in [0.2, 0.25) is 0 Å². The average molecular weight is 578 g/mol. The Morgan fingerprint density at radius 1 is 0.857 bits per heavy atom. The van der Waals surface area contributed by atoms with Gasteiger partial charge in [-0.15, -0.1) is 13.2 Å². The number of pyridine rings is 1. The van der Waals surface area contributed by atoms with Gasteiger partial charge in [-0.05, 0) is 54.8 Å². The molecule has 0 bridgehead atoms. The molecular formula is C32H30F3N3O4. The molecule has 1 aliphatic carbocycles. The maximum absolute atomic E-state index is 12.6. The van der Waals surface area contributed by atoms with Crippen molar-refractivity contribution in [3.63, 3.8) is 0 Å². The van der Waals surface area contributed by atoms with Gasteiger partial charge in [0.2, 0.25) is 0 Å². The molecule has 1 fully saturated rings. The van der Waals surface area contributed by atoms with E-state index in [1.165, 1.54) is 12.1 Å². The molecule has 7 nitrogen and oxygen atoms in total. The van der Waals surface area contributed by atoms with Crippen molar-refractivity contribution < 1.29 is 32.9 Å². The first-order valence-electron chi connectivity index (χ1n) is 13.9. The van der Waals surface area contributed by atoms with Gasteiger partial charge in [0, 0.05) is 29.8 Å². The second-order valence-corrected chi connectivity index (χ2v) is 10.7. The van der Waals surface area contributed by atoms with Gasteiger partial charge in [-0.2, -0.15) is 0 Å². The summed E-state index contributed by atoms with van der Waals surface area (Å²) in [4.78, 5) is 9.63. The van der Waals surface area contributed by atoms with Crippen molar-refractivity contribution in [3.05, 3.63) is 95.9 Å². The van der Waals surface area contributed by atoms with Crippen LogP contribution in [-0.2, 0) is 13.2 Å². The number of aliphatic hydroxyl groups is 2. The Labute approximate surface area is 240 Å². The lowest BCUT2D eigenvalue weighted by molar-refractivity contribution is -0.274. The predicted octanol–water partition coefficient (Wildman–Crippen LogP) is 6.69. The zero-order valence-corrected chi connectivity index (χ0v) is 22.7. The van der Waals surface area contributed by atoms with Crippen LogP contribution in [0.5, 0.6) is 11.5 Å². The predicted molar refractivity (Wildman–Crippen MR) is 151 cm³/mol. The lowest BCUT2D eigenvalue weighted by Gasteiger charge is -2.32. The largest absolute Gasteiger partial charge is 0.573 e. The van der Waals surface area contributed by atoms with E-state index in [1.54, 1.807) is 12.1 Å². The molecule has 5 aromatic rings. The van der Waals surface area contributed by atoms with Gasteiger partial charge in [0.15, 0.2) is 6.29 Å². The van der Waals surface area contributed by atoms with E-state index in [4.69, 9.17) is 9.72 Å². The fourth-order valence-electron chi connectivity index (χ4n) is 5.83. The smallest absolute Gasteiger partial charge is 0.487 e. The Hall–Kier alpha value is -4.15. The quantitative estimate of drug-likeness (QED) is 0.200. The Morgan fingerprint density at radius 3 is 2.40 bits per heavy atom. The Bertz CT molecular complexity index is 1680. The van der Waals surface area contributed by atoms with Crippen LogP contribution in [0.3, 0.4) is 0 Å². The number of hydrogen-bond acceptors (Lipinski definition) is 6. The molecule has 0 aliphatic heterocycles. The van der Waals surface area contributed by atoms with Gasteiger partial charge < -0.3 is 24.3 Å². The van der Waals surface area contributed by atoms with Crippen LogP contribution >= 0.6 is 0 Å². The maximum Gasteiger partial charge on any atom is 0.573 e. The van der Waals surface area contributed by atoms with E-state index in [1.807, 2.05) is 59.2 Å². The number of fused-ring (bicyclic) bond motifs is 2. The second kappa shape index (κ2) is 11.6. The highest BCUT2D eigenvalue weighted by Crippen LogP contribution is 2.40. The van der Waals surface area contributed by atoms with Gasteiger partial charge in [0.1, 0.15) is 23.9 Å². The molecule has 42 heavy (non-hydrogen) atoms. The molecule has 0 amide bonds. The molecular weight excluding hydrogens is 547 g/mol. The Morgan fingerprint density at radius 2 is 1.62 bits per heavy atom. The number of aliphatic hydroxyl groups excluding tert-OH is 1. The minimum atomic E-state index is -4.76. The summed E-state index contributed by atoms with van der Waals surface area (Å²) in [6.45, 7) is 0.613. The number of rotatable bonds is 8. The van der Waals surface area contributed by atoms with Crippen molar-refractivity contribution in [3.8, 4) is 11.5 Å². The van der Waals surface area contributed by atoms with E-state index in [-0.39, 0.29) is 24.2 Å². The molecule has 1 aliphatic rings. The average Bonchev–Trinajstić information content (AvgIpc) is 3.33. The third-order valence-corrected chi connectivity index (χ3v) is 7.82. The monoisotopic (exact) mass is 577 g/mol. The molecule has 1 unspecified atom stereocenters. The second-order valence-electron chi connectivity index (χ2n) is 10.7. The molecule has 10 heteroatoms. The fourth-order valence-corrected chi connectivity index (χ4v) is 5.83. The molecule has 6 rings (SSSR count). The van der Waals surface area contributed by atoms with E-state index < -0.39 is 12.7 Å². The van der Waals surface area contributed by atoms with Crippen LogP contribution in [0, 0.1) is 5.92 Å². The van der Waals surface area contributed by atoms with Gasteiger partial charge in [-0.3, -0.25) is 0 Å². The van der Waals surface area contributed by atoms with Crippen LogP contribution in [0.1, 0.15) is 48.7 Å². The van der Waals surface area contributed by atoms with Gasteiger partial charge in [-0.1, -0.05) is 49.2 Å². The molecule has 218 valence electrons. The molecule has 1 saturated carbocycles. The van der Waals surface area contributed by atoms with E-state index >= 15 is 0 Å². The summed E-state index contributed by atoms with van der Waals surface area (Å²) in [5.74, 6) is 0.480. The van der Waals surface area contributed by atoms with Crippen LogP contribution < -0.4 is 9.47 Å². The first-order valence-corrected chi connectivity index (χ1v) is 13.9. The maximum atomic E-state index is 12.6. The zero-order chi connectivity index (χ0) is 29.3. The third kappa shape index (κ3) is 6.19. The lowest BCUT2D eigenvalue weighted by atomic mass is 9.78. The van der Waals surface area contributed by atoms with Crippen LogP contribution in [0.15, 0.2) is 78.9 Å². The van der Waals surface area contributed by atoms with Crippen molar-refractivity contribution in [2.45, 2.75) is 57.4 Å². The van der Waals surface area contributed by atoms with E-state index in [9.17, 15) is 23.4 Å². The highest BCUT2D eigenvalue weighted by atomic mass is 19.4. The van der Waals surface area contributed by atoms with Crippen LogP contribution in [0.4, 0.5) is 13.2 Å². The molecule has 0 saturated heterocycles. The Balaban J connectivity index is 1.30. The first kappa shape index (κ1) is 28.0. The van der Waals surface area contributed by atoms with Gasteiger partial charge in [0.05, 0.1) is 22.2 Å². The number of alkyl halides is 3. The standard InChI is InChI=1S/C32H30F3N3O4/c33-32(34,35)42-23-13-9-20(10-14-23)18-38-29-16-15-24(41-19-22-12-11-21-5-1-4-8-27(21)36-22)17-28(29)37-30(38)25-6-2-3-7-26(25)31(39)40/h1,4-5,8-17,25-26,31,39-40H,2-3,6-7,18-19H2/t25-,26?/m1/s1. The summed E-state index contributed by atoms with van der Waals surface area (Å²) >= 11 is 0. The highest BCUT2D eigenvalue weighted by molar-refractivity contribution is 5.79. The Kier molecular flexibility index (Phi) is 7.74. The SMILES string of the molecule is OC(O)C1CCCC[C@H]1c1nc2cc(OCc3ccc4ccccc4n3)ccc2n1Cc1ccc(OC(F)(F)F)cc1. The number of hydrogen-bond donors (Lipinski definition) is 2. The van der Waals surface area contributed by atoms with E-state index in [0.717, 1.165) is 46.9 Å². The van der Waals surface area contributed by atoms with Crippen molar-refractivity contribution in [2.24, 2.45) is 5.92 Å². The highest BCUT2D eigenvalue weighted by Gasteiger charge is 2.35. The van der Waals surface area contributed by atoms with Crippen molar-refractivity contribution >= 4 is 21.9 Å². The molecule has 2 aromatic heterocycles. The molecule has 2 atom stereocenters. The van der Waals surface area contributed by atoms with Gasteiger partial charge in [0.25, 0.3) is 0 Å². The lowest BCUT2D eigenvalue weighted by Crippen LogP contribution is -2.31. The van der Waals surface area contributed by atoms with E-state index in [2.05, 4.69) is 9.72 Å². The summed E-state index contributed by atoms with van der Waals surface area (Å²) in [5, 5.41) is 21.4. The normalized spacial score (nSPS) is 17.7. The summed E-state index contributed by atoms with van der Waals surface area (Å²) in [6.07, 6.45) is -2.98. The summed E-state index contributed by atoms with van der Waals surface area (Å²) in [5.41, 5.74) is 3.93. The number of ether oxygens (including phenoxy) is 2.